The zero-order chi connectivity index (χ0) is 22.9. The number of ketones is 1. The molecule has 2 heterocycles. The monoisotopic (exact) mass is 480 g/mol. The number of nitrogens with zero attached hydrogens (tertiary/aromatic N) is 4. The molecule has 7 nitrogen and oxygen atoms in total. The van der Waals surface area contributed by atoms with E-state index >= 15 is 0 Å². The van der Waals surface area contributed by atoms with Crippen LogP contribution in [0.25, 0.3) is 5.78 Å². The molecule has 33 heavy (non-hydrogen) atoms. The van der Waals surface area contributed by atoms with E-state index in [-0.39, 0.29) is 11.7 Å². The van der Waals surface area contributed by atoms with Crippen molar-refractivity contribution in [1.29, 1.82) is 0 Å². The number of aromatic nitrogens is 4. The van der Waals surface area contributed by atoms with Crippen LogP contribution in [-0.2, 0) is 12.2 Å². The summed E-state index contributed by atoms with van der Waals surface area (Å²) in [4.78, 5) is 22.2. The number of ether oxygens (including phenoxy) is 2. The Balaban J connectivity index is 1.39. The van der Waals surface area contributed by atoms with Crippen molar-refractivity contribution in [2.45, 2.75) is 29.7 Å². The maximum atomic E-state index is 13.0. The molecule has 168 valence electrons. The molecule has 0 spiro atoms. The number of fused-ring (bicyclic) bond motifs is 2. The molecular weight excluding hydrogens is 460 g/mol. The number of methoxy groups -OCH3 is 2. The molecule has 9 heteroatoms. The first-order valence-electron chi connectivity index (χ1n) is 10.4. The second-order valence-corrected chi connectivity index (χ2v) is 9.18. The van der Waals surface area contributed by atoms with E-state index in [4.69, 9.17) is 21.1 Å². The molecule has 5 rings (SSSR count). The number of hydrogen-bond acceptors (Lipinski definition) is 7. The van der Waals surface area contributed by atoms with E-state index in [1.165, 1.54) is 11.8 Å². The van der Waals surface area contributed by atoms with Gasteiger partial charge in [-0.25, -0.2) is 9.50 Å². The van der Waals surface area contributed by atoms with Crippen LogP contribution in [0.15, 0.2) is 53.8 Å². The lowest BCUT2D eigenvalue weighted by molar-refractivity contribution is 0.0962. The number of halogens is 1. The molecule has 1 atom stereocenters. The van der Waals surface area contributed by atoms with Crippen molar-refractivity contribution < 1.29 is 14.3 Å². The molecule has 0 bridgehead atoms. The van der Waals surface area contributed by atoms with Gasteiger partial charge in [0.05, 0.1) is 25.5 Å². The Hall–Kier alpha value is -3.10. The molecular formula is C24H21ClN4O3S. The van der Waals surface area contributed by atoms with Crippen LogP contribution in [-0.4, -0.2) is 39.6 Å². The average Bonchev–Trinajstić information content (AvgIpc) is 3.23. The summed E-state index contributed by atoms with van der Waals surface area (Å²) < 4.78 is 12.4. The minimum absolute atomic E-state index is 0.0152. The van der Waals surface area contributed by atoms with Gasteiger partial charge in [0.25, 0.3) is 5.78 Å². The Morgan fingerprint density at radius 2 is 1.85 bits per heavy atom. The fraction of sp³-hybridized carbons (Fsp3) is 0.250. The van der Waals surface area contributed by atoms with Gasteiger partial charge in [-0.3, -0.25) is 4.79 Å². The van der Waals surface area contributed by atoms with Crippen LogP contribution in [0.2, 0.25) is 5.02 Å². The molecule has 1 aliphatic carbocycles. The van der Waals surface area contributed by atoms with Gasteiger partial charge in [-0.15, -0.1) is 5.10 Å². The summed E-state index contributed by atoms with van der Waals surface area (Å²) in [5.74, 6) is 2.59. The predicted octanol–water partition coefficient (Wildman–Crippen LogP) is 5.00. The highest BCUT2D eigenvalue weighted by Crippen LogP contribution is 2.36. The van der Waals surface area contributed by atoms with E-state index in [2.05, 4.69) is 15.1 Å². The summed E-state index contributed by atoms with van der Waals surface area (Å²) in [6.45, 7) is 0. The molecule has 2 aromatic carbocycles. The zero-order valence-corrected chi connectivity index (χ0v) is 19.7. The molecule has 0 unspecified atom stereocenters. The topological polar surface area (TPSA) is 78.6 Å². The van der Waals surface area contributed by atoms with Gasteiger partial charge in [-0.2, -0.15) is 4.98 Å². The number of Topliss-reactive ketones (excluding diaryl/α,β-unsaturated/α-hetero) is 1. The lowest BCUT2D eigenvalue weighted by Gasteiger charge is -2.23. The summed E-state index contributed by atoms with van der Waals surface area (Å²) in [6, 6.07) is 13.5. The SMILES string of the molecule is COc1ccc([C@@H]2CC(=O)c3cn4nc(SCc5ccc(Cl)cc5)nc4nc3C2)cc1OC. The number of rotatable bonds is 6. The fourth-order valence-corrected chi connectivity index (χ4v) is 4.90. The van der Waals surface area contributed by atoms with Crippen molar-refractivity contribution in [3.05, 3.63) is 76.1 Å². The molecule has 0 fully saturated rings. The Kier molecular flexibility index (Phi) is 5.95. The number of carbonyl (C=O) groups excluding carboxylic acids is 1. The van der Waals surface area contributed by atoms with Crippen LogP contribution >= 0.6 is 23.4 Å². The van der Waals surface area contributed by atoms with Gasteiger partial charge in [-0.05, 0) is 47.7 Å². The maximum Gasteiger partial charge on any atom is 0.253 e. The second-order valence-electron chi connectivity index (χ2n) is 7.80. The first-order chi connectivity index (χ1) is 16.0. The minimum atomic E-state index is 0.0152. The van der Waals surface area contributed by atoms with E-state index in [1.807, 2.05) is 42.5 Å². The number of carbonyl (C=O) groups is 1. The van der Waals surface area contributed by atoms with Gasteiger partial charge >= 0.3 is 0 Å². The van der Waals surface area contributed by atoms with Crippen LogP contribution in [0.3, 0.4) is 0 Å². The van der Waals surface area contributed by atoms with E-state index in [0.29, 0.717) is 51.6 Å². The third kappa shape index (κ3) is 4.41. The van der Waals surface area contributed by atoms with Crippen molar-refractivity contribution in [2.24, 2.45) is 0 Å². The molecule has 4 aromatic rings. The van der Waals surface area contributed by atoms with E-state index < -0.39 is 0 Å². The maximum absolute atomic E-state index is 13.0. The zero-order valence-electron chi connectivity index (χ0n) is 18.1. The van der Waals surface area contributed by atoms with Crippen LogP contribution < -0.4 is 9.47 Å². The second kappa shape index (κ2) is 9.03. The van der Waals surface area contributed by atoms with Crippen molar-refractivity contribution in [3.8, 4) is 11.5 Å². The van der Waals surface area contributed by atoms with Gasteiger partial charge < -0.3 is 9.47 Å². The summed E-state index contributed by atoms with van der Waals surface area (Å²) in [7, 11) is 3.21. The largest absolute Gasteiger partial charge is 0.493 e. The Morgan fingerprint density at radius 3 is 2.61 bits per heavy atom. The highest BCUT2D eigenvalue weighted by molar-refractivity contribution is 7.98. The minimum Gasteiger partial charge on any atom is -0.493 e. The third-order valence-corrected chi connectivity index (χ3v) is 6.88. The Morgan fingerprint density at radius 1 is 1.06 bits per heavy atom. The van der Waals surface area contributed by atoms with Crippen molar-refractivity contribution in [3.63, 3.8) is 0 Å². The van der Waals surface area contributed by atoms with Gasteiger partial charge in [0.15, 0.2) is 17.3 Å². The van der Waals surface area contributed by atoms with Crippen LogP contribution in [0.5, 0.6) is 11.5 Å². The predicted molar refractivity (Wildman–Crippen MR) is 127 cm³/mol. The van der Waals surface area contributed by atoms with Crippen molar-refractivity contribution in [1.82, 2.24) is 19.6 Å². The number of hydrogen-bond donors (Lipinski definition) is 0. The number of benzene rings is 2. The van der Waals surface area contributed by atoms with Crippen LogP contribution in [0.4, 0.5) is 0 Å². The van der Waals surface area contributed by atoms with Gasteiger partial charge in [-0.1, -0.05) is 41.6 Å². The normalized spacial score (nSPS) is 15.5. The van der Waals surface area contributed by atoms with E-state index in [9.17, 15) is 4.79 Å². The molecule has 1 aliphatic rings. The lowest BCUT2D eigenvalue weighted by Crippen LogP contribution is -2.21. The quantitative estimate of drug-likeness (QED) is 0.359. The van der Waals surface area contributed by atoms with Gasteiger partial charge in [0, 0.05) is 23.4 Å². The highest BCUT2D eigenvalue weighted by atomic mass is 35.5. The standard InChI is InChI=1S/C24H21ClN4O3S/c1-31-21-8-5-15(11-22(21)32-2)16-9-19-18(20(30)10-16)12-29-23(26-19)27-24(28-29)33-13-14-3-6-17(25)7-4-14/h3-8,11-12,16H,9-10,13H2,1-2H3/t16-/m0/s1. The highest BCUT2D eigenvalue weighted by Gasteiger charge is 2.29. The Bertz CT molecular complexity index is 1340. The molecule has 0 N–H and O–H groups in total. The molecule has 0 saturated carbocycles. The summed E-state index contributed by atoms with van der Waals surface area (Å²) in [5.41, 5.74) is 3.51. The lowest BCUT2D eigenvalue weighted by atomic mass is 9.82. The van der Waals surface area contributed by atoms with Crippen LogP contribution in [0, 0.1) is 0 Å². The van der Waals surface area contributed by atoms with E-state index in [0.717, 1.165) is 16.8 Å². The summed E-state index contributed by atoms with van der Waals surface area (Å²) in [5, 5.41) is 5.83. The van der Waals surface area contributed by atoms with Crippen molar-refractivity contribution >= 4 is 34.9 Å². The Labute approximate surface area is 200 Å². The van der Waals surface area contributed by atoms with Crippen LogP contribution in [0.1, 0.15) is 39.5 Å². The van der Waals surface area contributed by atoms with E-state index in [1.54, 1.807) is 24.9 Å². The molecule has 0 saturated heterocycles. The molecule has 2 aromatic heterocycles. The summed E-state index contributed by atoms with van der Waals surface area (Å²) in [6.07, 6.45) is 2.81. The smallest absolute Gasteiger partial charge is 0.253 e. The number of thioether (sulfide) groups is 1. The molecule has 0 amide bonds. The van der Waals surface area contributed by atoms with Gasteiger partial charge in [0.1, 0.15) is 0 Å². The summed E-state index contributed by atoms with van der Waals surface area (Å²) >= 11 is 7.47. The average molecular weight is 481 g/mol. The first-order valence-corrected chi connectivity index (χ1v) is 11.8. The molecule has 0 aliphatic heterocycles. The van der Waals surface area contributed by atoms with Gasteiger partial charge in [0.2, 0.25) is 5.16 Å². The van der Waals surface area contributed by atoms with Crippen molar-refractivity contribution in [2.75, 3.05) is 14.2 Å². The molecule has 0 radical (unpaired) electrons. The third-order valence-electron chi connectivity index (χ3n) is 5.72. The first kappa shape index (κ1) is 21.7. The fourth-order valence-electron chi connectivity index (χ4n) is 4.00.